The third-order valence-electron chi connectivity index (χ3n) is 4.37. The summed E-state index contributed by atoms with van der Waals surface area (Å²) in [4.78, 5) is 18.2. The van der Waals surface area contributed by atoms with Crippen LogP contribution < -0.4 is 10.5 Å². The minimum Gasteiger partial charge on any atom is -0.352 e. The van der Waals surface area contributed by atoms with Crippen molar-refractivity contribution in [2.24, 2.45) is 7.05 Å². The average Bonchev–Trinajstić information content (AvgIpc) is 2.59. The van der Waals surface area contributed by atoms with Crippen molar-refractivity contribution in [3.63, 3.8) is 0 Å². The first-order chi connectivity index (χ1) is 11.6. The van der Waals surface area contributed by atoms with E-state index in [-0.39, 0.29) is 22.4 Å². The van der Waals surface area contributed by atoms with Gasteiger partial charge in [0.1, 0.15) is 5.82 Å². The third kappa shape index (κ3) is 3.56. The van der Waals surface area contributed by atoms with Crippen LogP contribution in [0.3, 0.4) is 0 Å². The number of benzene rings is 1. The van der Waals surface area contributed by atoms with Crippen LogP contribution in [0, 0.1) is 5.82 Å². The van der Waals surface area contributed by atoms with Gasteiger partial charge in [-0.05, 0) is 18.9 Å². The molecule has 1 aromatic carbocycles. The Kier molecular flexibility index (Phi) is 5.08. The lowest BCUT2D eigenvalue weighted by molar-refractivity contribution is 0.561. The molecule has 0 amide bonds. The first-order valence-electron chi connectivity index (χ1n) is 7.93. The Hall–Kier alpha value is -2.02. The number of nitrogens with zero attached hydrogens (tertiary/aromatic N) is 3. The summed E-state index contributed by atoms with van der Waals surface area (Å²) in [7, 11) is 0.579. The van der Waals surface area contributed by atoms with E-state index < -0.39 is 10.8 Å². The molecule has 24 heavy (non-hydrogen) atoms. The predicted molar refractivity (Wildman–Crippen MR) is 93.0 cm³/mol. The van der Waals surface area contributed by atoms with Gasteiger partial charge >= 0.3 is 0 Å². The second-order valence-electron chi connectivity index (χ2n) is 5.97. The molecule has 1 aliphatic rings. The quantitative estimate of drug-likeness (QED) is 0.845. The van der Waals surface area contributed by atoms with Gasteiger partial charge in [0.15, 0.2) is 5.82 Å². The van der Waals surface area contributed by atoms with Crippen LogP contribution in [0.15, 0.2) is 41.5 Å². The van der Waals surface area contributed by atoms with Crippen molar-refractivity contribution >= 4 is 16.6 Å². The molecule has 7 heteroatoms. The van der Waals surface area contributed by atoms with Crippen LogP contribution in [0.5, 0.6) is 0 Å². The van der Waals surface area contributed by atoms with Gasteiger partial charge < -0.3 is 9.47 Å². The summed E-state index contributed by atoms with van der Waals surface area (Å²) in [5, 5.41) is 0.0217. The smallest absolute Gasteiger partial charge is 0.293 e. The number of halogens is 1. The van der Waals surface area contributed by atoms with Crippen LogP contribution in [0.2, 0.25) is 0 Å². The van der Waals surface area contributed by atoms with Crippen LogP contribution in [0.25, 0.3) is 0 Å². The highest BCUT2D eigenvalue weighted by molar-refractivity contribution is 7.84. The minimum atomic E-state index is -1.12. The largest absolute Gasteiger partial charge is 0.352 e. The van der Waals surface area contributed by atoms with E-state index in [0.29, 0.717) is 37.3 Å². The summed E-state index contributed by atoms with van der Waals surface area (Å²) in [6.45, 7) is 1.28. The fraction of sp³-hybridized carbons (Fsp3) is 0.412. The molecule has 0 bridgehead atoms. The Bertz CT molecular complexity index is 800. The second kappa shape index (κ2) is 7.25. The second-order valence-corrected chi connectivity index (χ2v) is 7.69. The zero-order valence-corrected chi connectivity index (χ0v) is 14.3. The van der Waals surface area contributed by atoms with Crippen LogP contribution in [-0.4, -0.2) is 32.1 Å². The average molecular weight is 349 g/mol. The first-order valence-corrected chi connectivity index (χ1v) is 9.31. The molecule has 5 nitrogen and oxygen atoms in total. The SMILES string of the molecule is Cn1ccnc(N2CCC(S(=O)Cc3ccccc3F)CC2)c1=O. The maximum atomic E-state index is 13.7. The lowest BCUT2D eigenvalue weighted by Gasteiger charge is -2.31. The molecule has 1 aliphatic heterocycles. The first kappa shape index (κ1) is 16.8. The third-order valence-corrected chi connectivity index (χ3v) is 6.18. The highest BCUT2D eigenvalue weighted by Gasteiger charge is 2.26. The van der Waals surface area contributed by atoms with Gasteiger partial charge in [-0.1, -0.05) is 18.2 Å². The van der Waals surface area contributed by atoms with Crippen LogP contribution >= 0.6 is 0 Å². The van der Waals surface area contributed by atoms with Gasteiger partial charge in [-0.2, -0.15) is 0 Å². The molecule has 1 aromatic heterocycles. The number of aromatic nitrogens is 2. The van der Waals surface area contributed by atoms with Gasteiger partial charge in [0.05, 0.1) is 5.75 Å². The maximum Gasteiger partial charge on any atom is 0.293 e. The number of aryl methyl sites for hydroxylation is 1. The molecule has 1 fully saturated rings. The number of rotatable bonds is 4. The number of hydrogen-bond donors (Lipinski definition) is 0. The lowest BCUT2D eigenvalue weighted by atomic mass is 10.1. The number of hydrogen-bond acceptors (Lipinski definition) is 4. The fourth-order valence-corrected chi connectivity index (χ4v) is 4.43. The van der Waals surface area contributed by atoms with E-state index in [2.05, 4.69) is 4.98 Å². The van der Waals surface area contributed by atoms with E-state index in [1.807, 2.05) is 4.90 Å². The molecule has 0 saturated carbocycles. The van der Waals surface area contributed by atoms with Crippen molar-refractivity contribution in [3.05, 3.63) is 58.4 Å². The van der Waals surface area contributed by atoms with Crippen molar-refractivity contribution in [3.8, 4) is 0 Å². The molecule has 2 aromatic rings. The molecule has 0 aliphatic carbocycles. The molecule has 128 valence electrons. The van der Waals surface area contributed by atoms with E-state index in [0.717, 1.165) is 0 Å². The van der Waals surface area contributed by atoms with Crippen molar-refractivity contribution in [2.45, 2.75) is 23.8 Å². The van der Waals surface area contributed by atoms with E-state index in [1.54, 1.807) is 37.6 Å². The van der Waals surface area contributed by atoms with Gasteiger partial charge in [0, 0.05) is 54.1 Å². The van der Waals surface area contributed by atoms with Crippen molar-refractivity contribution in [1.29, 1.82) is 0 Å². The molecule has 1 atom stereocenters. The Morgan fingerprint density at radius 1 is 1.29 bits per heavy atom. The maximum absolute atomic E-state index is 13.7. The normalized spacial score (nSPS) is 17.0. The van der Waals surface area contributed by atoms with Crippen LogP contribution in [0.4, 0.5) is 10.2 Å². The highest BCUT2D eigenvalue weighted by Crippen LogP contribution is 2.21. The zero-order valence-electron chi connectivity index (χ0n) is 13.5. The molecular weight excluding hydrogens is 329 g/mol. The van der Waals surface area contributed by atoms with E-state index >= 15 is 0 Å². The molecule has 0 radical (unpaired) electrons. The van der Waals surface area contributed by atoms with Gasteiger partial charge in [0.2, 0.25) is 0 Å². The molecule has 0 N–H and O–H groups in total. The highest BCUT2D eigenvalue weighted by atomic mass is 32.2. The van der Waals surface area contributed by atoms with Crippen molar-refractivity contribution in [2.75, 3.05) is 18.0 Å². The van der Waals surface area contributed by atoms with Gasteiger partial charge in [-0.15, -0.1) is 0 Å². The lowest BCUT2D eigenvalue weighted by Crippen LogP contribution is -2.41. The summed E-state index contributed by atoms with van der Waals surface area (Å²) in [6, 6.07) is 6.47. The van der Waals surface area contributed by atoms with Gasteiger partial charge in [0.25, 0.3) is 5.56 Å². The minimum absolute atomic E-state index is 0.0217. The van der Waals surface area contributed by atoms with E-state index in [4.69, 9.17) is 0 Å². The summed E-state index contributed by atoms with van der Waals surface area (Å²) in [6.07, 6.45) is 4.66. The van der Waals surface area contributed by atoms with Crippen molar-refractivity contribution in [1.82, 2.24) is 9.55 Å². The standard InChI is InChI=1S/C17H20FN3O2S/c1-20-11-8-19-16(17(20)22)21-9-6-14(7-10-21)24(23)12-13-4-2-3-5-15(13)18/h2-5,8,11,14H,6-7,9-10,12H2,1H3. The summed E-state index contributed by atoms with van der Waals surface area (Å²) in [5.74, 6) is 0.376. The summed E-state index contributed by atoms with van der Waals surface area (Å²) >= 11 is 0. The zero-order chi connectivity index (χ0) is 17.1. The Balaban J connectivity index is 1.63. The van der Waals surface area contributed by atoms with Gasteiger partial charge in [-0.25, -0.2) is 9.37 Å². The van der Waals surface area contributed by atoms with E-state index in [9.17, 15) is 13.4 Å². The fourth-order valence-electron chi connectivity index (χ4n) is 2.92. The molecule has 1 unspecified atom stereocenters. The monoisotopic (exact) mass is 349 g/mol. The molecular formula is C17H20FN3O2S. The Labute approximate surface area is 142 Å². The van der Waals surface area contributed by atoms with Crippen molar-refractivity contribution < 1.29 is 8.60 Å². The van der Waals surface area contributed by atoms with Crippen LogP contribution in [0.1, 0.15) is 18.4 Å². The Morgan fingerprint density at radius 2 is 2.00 bits per heavy atom. The molecule has 2 heterocycles. The summed E-state index contributed by atoms with van der Waals surface area (Å²) < 4.78 is 27.7. The molecule has 3 rings (SSSR count). The number of piperidine rings is 1. The molecule has 0 spiro atoms. The van der Waals surface area contributed by atoms with Gasteiger partial charge in [-0.3, -0.25) is 9.00 Å². The van der Waals surface area contributed by atoms with E-state index in [1.165, 1.54) is 10.6 Å². The molecule has 1 saturated heterocycles. The topological polar surface area (TPSA) is 55.2 Å². The number of anilines is 1. The predicted octanol–water partition coefficient (Wildman–Crippen LogP) is 1.84. The Morgan fingerprint density at radius 3 is 2.71 bits per heavy atom. The van der Waals surface area contributed by atoms with Crippen LogP contribution in [-0.2, 0) is 23.6 Å². The summed E-state index contributed by atoms with van der Waals surface area (Å²) in [5.41, 5.74) is 0.375.